The third kappa shape index (κ3) is 4.66. The Kier molecular flexibility index (Phi) is 4.98. The van der Waals surface area contributed by atoms with Crippen molar-refractivity contribution in [3.8, 4) is 0 Å². The molecular formula is C12H20ClNO3. The molecule has 0 N–H and O–H groups in total. The fraction of sp³-hybridized carbons (Fsp3) is 0.750. The zero-order valence-corrected chi connectivity index (χ0v) is 11.6. The first-order chi connectivity index (χ1) is 7.84. The van der Waals surface area contributed by atoms with Crippen molar-refractivity contribution in [3.05, 3.63) is 11.1 Å². The van der Waals surface area contributed by atoms with Gasteiger partial charge in [0.25, 0.3) is 0 Å². The van der Waals surface area contributed by atoms with E-state index in [1.807, 2.05) is 13.8 Å². The topological polar surface area (TPSA) is 38.8 Å². The lowest BCUT2D eigenvalue weighted by Gasteiger charge is -2.42. The molecule has 4 nitrogen and oxygen atoms in total. The molecule has 0 aromatic carbocycles. The zero-order valence-electron chi connectivity index (χ0n) is 10.8. The average molecular weight is 262 g/mol. The largest absolute Gasteiger partial charge is 0.382 e. The molecule has 0 spiro atoms. The summed E-state index contributed by atoms with van der Waals surface area (Å²) in [6.07, 6.45) is 1.35. The summed E-state index contributed by atoms with van der Waals surface area (Å²) in [6, 6.07) is 0. The number of carbonyl (C=O) groups is 1. The minimum atomic E-state index is -0.356. The normalized spacial score (nSPS) is 24.9. The quantitative estimate of drug-likeness (QED) is 0.727. The number of nitrogens with zero attached hydrogens (tertiary/aromatic N) is 1. The van der Waals surface area contributed by atoms with Gasteiger partial charge in [-0.1, -0.05) is 11.6 Å². The Morgan fingerprint density at radius 2 is 2.29 bits per heavy atom. The highest BCUT2D eigenvalue weighted by Crippen LogP contribution is 2.21. The summed E-state index contributed by atoms with van der Waals surface area (Å²) < 4.78 is 10.9. The minimum absolute atomic E-state index is 0.0741. The first-order valence-electron chi connectivity index (χ1n) is 5.63. The van der Waals surface area contributed by atoms with E-state index in [-0.39, 0.29) is 17.6 Å². The molecular weight excluding hydrogens is 242 g/mol. The molecule has 0 aromatic rings. The highest BCUT2D eigenvalue weighted by atomic mass is 35.5. The molecule has 1 atom stereocenters. The van der Waals surface area contributed by atoms with E-state index in [0.717, 1.165) is 0 Å². The molecule has 17 heavy (non-hydrogen) atoms. The zero-order chi connectivity index (χ0) is 13.1. The Morgan fingerprint density at radius 3 is 2.82 bits per heavy atom. The van der Waals surface area contributed by atoms with Gasteiger partial charge in [0.1, 0.15) is 0 Å². The van der Waals surface area contributed by atoms with Gasteiger partial charge in [0.2, 0.25) is 5.91 Å². The predicted molar refractivity (Wildman–Crippen MR) is 67.0 cm³/mol. The van der Waals surface area contributed by atoms with Crippen LogP contribution in [0.1, 0.15) is 20.8 Å². The van der Waals surface area contributed by atoms with Crippen LogP contribution < -0.4 is 0 Å². The first kappa shape index (κ1) is 14.5. The van der Waals surface area contributed by atoms with E-state index in [0.29, 0.717) is 24.7 Å². The third-order valence-corrected chi connectivity index (χ3v) is 2.58. The van der Waals surface area contributed by atoms with E-state index in [1.165, 1.54) is 6.08 Å². The Labute approximate surface area is 108 Å². The van der Waals surface area contributed by atoms with Crippen LogP contribution in [-0.4, -0.2) is 49.3 Å². The van der Waals surface area contributed by atoms with Crippen molar-refractivity contribution < 1.29 is 14.3 Å². The Balaban J connectivity index is 2.72. The van der Waals surface area contributed by atoms with Gasteiger partial charge in [-0.2, -0.15) is 0 Å². The van der Waals surface area contributed by atoms with Gasteiger partial charge in [-0.3, -0.25) is 4.79 Å². The van der Waals surface area contributed by atoms with Gasteiger partial charge < -0.3 is 14.4 Å². The highest BCUT2D eigenvalue weighted by Gasteiger charge is 2.34. The number of methoxy groups -OCH3 is 1. The van der Waals surface area contributed by atoms with Crippen molar-refractivity contribution in [2.45, 2.75) is 32.5 Å². The Morgan fingerprint density at radius 1 is 1.65 bits per heavy atom. The number of allylic oxidation sites excluding steroid dienone is 1. The number of morpholine rings is 1. The number of halogens is 1. The first-order valence-corrected chi connectivity index (χ1v) is 6.01. The number of ether oxygens (including phenoxy) is 2. The number of rotatable bonds is 3. The van der Waals surface area contributed by atoms with Gasteiger partial charge in [0.15, 0.2) is 0 Å². The molecule has 1 amide bonds. The maximum atomic E-state index is 11.9. The summed E-state index contributed by atoms with van der Waals surface area (Å²) in [7, 11) is 1.62. The lowest BCUT2D eigenvalue weighted by atomic mass is 10.1. The second kappa shape index (κ2) is 5.85. The van der Waals surface area contributed by atoms with E-state index in [9.17, 15) is 4.79 Å². The summed E-state index contributed by atoms with van der Waals surface area (Å²) in [5.74, 6) is -0.0741. The number of amides is 1. The molecule has 0 radical (unpaired) electrons. The van der Waals surface area contributed by atoms with Crippen LogP contribution in [0.2, 0.25) is 0 Å². The van der Waals surface area contributed by atoms with Gasteiger partial charge >= 0.3 is 0 Å². The molecule has 1 unspecified atom stereocenters. The molecule has 0 aromatic heterocycles. The fourth-order valence-corrected chi connectivity index (χ4v) is 2.09. The second-order valence-corrected chi connectivity index (χ2v) is 5.50. The van der Waals surface area contributed by atoms with E-state index < -0.39 is 0 Å². The highest BCUT2D eigenvalue weighted by molar-refractivity contribution is 6.30. The SMILES string of the molecule is COCC1CN(C(=O)/C=C(/C)Cl)CC(C)(C)O1. The van der Waals surface area contributed by atoms with Crippen molar-refractivity contribution in [1.82, 2.24) is 4.90 Å². The molecule has 1 aliphatic heterocycles. The van der Waals surface area contributed by atoms with E-state index in [1.54, 1.807) is 18.9 Å². The van der Waals surface area contributed by atoms with Crippen molar-refractivity contribution in [2.24, 2.45) is 0 Å². The lowest BCUT2D eigenvalue weighted by molar-refractivity contribution is -0.165. The summed E-state index contributed by atoms with van der Waals surface area (Å²) in [5, 5.41) is 0.489. The molecule has 1 rings (SSSR count). The Hall–Kier alpha value is -0.580. The minimum Gasteiger partial charge on any atom is -0.382 e. The molecule has 98 valence electrons. The standard InChI is InChI=1S/C12H20ClNO3/c1-9(13)5-11(15)14-6-10(7-16-4)17-12(2,3)8-14/h5,10H,6-8H2,1-4H3/b9-5-. The second-order valence-electron chi connectivity index (χ2n) is 4.90. The molecule has 0 saturated carbocycles. The van der Waals surface area contributed by atoms with E-state index in [4.69, 9.17) is 21.1 Å². The molecule has 1 fully saturated rings. The van der Waals surface area contributed by atoms with Crippen molar-refractivity contribution in [3.63, 3.8) is 0 Å². The smallest absolute Gasteiger partial charge is 0.247 e. The summed E-state index contributed by atoms with van der Waals surface area (Å²) in [4.78, 5) is 13.7. The van der Waals surface area contributed by atoms with Gasteiger partial charge in [-0.25, -0.2) is 0 Å². The molecule has 5 heteroatoms. The molecule has 1 saturated heterocycles. The van der Waals surface area contributed by atoms with Crippen LogP contribution in [0.15, 0.2) is 11.1 Å². The van der Waals surface area contributed by atoms with Crippen molar-refractivity contribution in [1.29, 1.82) is 0 Å². The molecule has 0 aliphatic carbocycles. The molecule has 1 aliphatic rings. The lowest BCUT2D eigenvalue weighted by Crippen LogP contribution is -2.55. The number of hydrogen-bond donors (Lipinski definition) is 0. The van der Waals surface area contributed by atoms with Gasteiger partial charge in [0, 0.05) is 31.3 Å². The summed E-state index contributed by atoms with van der Waals surface area (Å²) in [6.45, 7) is 7.21. The van der Waals surface area contributed by atoms with Gasteiger partial charge in [-0.05, 0) is 20.8 Å². The monoisotopic (exact) mass is 261 g/mol. The van der Waals surface area contributed by atoms with Crippen LogP contribution in [0.3, 0.4) is 0 Å². The molecule has 0 bridgehead atoms. The Bertz CT molecular complexity index is 311. The summed E-state index contributed by atoms with van der Waals surface area (Å²) in [5.41, 5.74) is -0.356. The van der Waals surface area contributed by atoms with Crippen molar-refractivity contribution >= 4 is 17.5 Å². The molecule has 1 heterocycles. The van der Waals surface area contributed by atoms with Crippen LogP contribution in [0.4, 0.5) is 0 Å². The van der Waals surface area contributed by atoms with E-state index >= 15 is 0 Å². The van der Waals surface area contributed by atoms with Gasteiger partial charge in [-0.15, -0.1) is 0 Å². The van der Waals surface area contributed by atoms with E-state index in [2.05, 4.69) is 0 Å². The van der Waals surface area contributed by atoms with Crippen molar-refractivity contribution in [2.75, 3.05) is 26.8 Å². The van der Waals surface area contributed by atoms with Crippen LogP contribution in [-0.2, 0) is 14.3 Å². The maximum absolute atomic E-state index is 11.9. The number of hydrogen-bond acceptors (Lipinski definition) is 3. The number of carbonyl (C=O) groups excluding carboxylic acids is 1. The maximum Gasteiger partial charge on any atom is 0.247 e. The van der Waals surface area contributed by atoms with Crippen LogP contribution in [0.25, 0.3) is 0 Å². The van der Waals surface area contributed by atoms with Gasteiger partial charge in [0.05, 0.1) is 18.3 Å². The summed E-state index contributed by atoms with van der Waals surface area (Å²) >= 11 is 5.72. The van der Waals surface area contributed by atoms with Crippen LogP contribution in [0, 0.1) is 0 Å². The predicted octanol–water partition coefficient (Wildman–Crippen LogP) is 1.78. The third-order valence-electron chi connectivity index (χ3n) is 2.47. The fourth-order valence-electron chi connectivity index (χ4n) is 2.00. The average Bonchev–Trinajstić information content (AvgIpc) is 2.14. The van der Waals surface area contributed by atoms with Crippen LogP contribution in [0.5, 0.6) is 0 Å². The van der Waals surface area contributed by atoms with Crippen LogP contribution >= 0.6 is 11.6 Å².